The average molecular weight is 449 g/mol. The first-order chi connectivity index (χ1) is 15.7. The second kappa shape index (κ2) is 8.50. The highest BCUT2D eigenvalue weighted by molar-refractivity contribution is 6.51. The van der Waals surface area contributed by atoms with Gasteiger partial charge in [-0.05, 0) is 43.7 Å². The largest absolute Gasteiger partial charge is 0.507 e. The number of aliphatic hydroxyl groups excluding tert-OH is 1. The summed E-state index contributed by atoms with van der Waals surface area (Å²) in [5, 5.41) is 11.3. The van der Waals surface area contributed by atoms with Gasteiger partial charge in [0.1, 0.15) is 23.1 Å². The zero-order valence-electron chi connectivity index (χ0n) is 18.2. The summed E-state index contributed by atoms with van der Waals surface area (Å²) in [6.45, 7) is 3.62. The van der Waals surface area contributed by atoms with Gasteiger partial charge in [0.15, 0.2) is 0 Å². The molecule has 168 valence electrons. The Morgan fingerprint density at radius 2 is 1.70 bits per heavy atom. The number of halogens is 2. The first kappa shape index (κ1) is 22.2. The topological polar surface area (TPSA) is 66.8 Å². The number of carbonyl (C=O) groups is 2. The van der Waals surface area contributed by atoms with E-state index in [4.69, 9.17) is 4.74 Å². The molecule has 1 aliphatic heterocycles. The van der Waals surface area contributed by atoms with Crippen molar-refractivity contribution in [2.24, 2.45) is 0 Å². The smallest absolute Gasteiger partial charge is 0.300 e. The molecule has 5 nitrogen and oxygen atoms in total. The van der Waals surface area contributed by atoms with Crippen molar-refractivity contribution in [2.45, 2.75) is 19.9 Å². The fourth-order valence-electron chi connectivity index (χ4n) is 4.06. The average Bonchev–Trinajstić information content (AvgIpc) is 3.05. The van der Waals surface area contributed by atoms with Crippen LogP contribution in [0.4, 0.5) is 14.5 Å². The summed E-state index contributed by atoms with van der Waals surface area (Å²) in [7, 11) is 1.42. The van der Waals surface area contributed by atoms with Crippen molar-refractivity contribution in [1.82, 2.24) is 0 Å². The zero-order chi connectivity index (χ0) is 23.9. The summed E-state index contributed by atoms with van der Waals surface area (Å²) in [5.74, 6) is -3.88. The number of rotatable bonds is 4. The molecule has 0 saturated carbocycles. The van der Waals surface area contributed by atoms with Gasteiger partial charge in [0.25, 0.3) is 11.7 Å². The van der Waals surface area contributed by atoms with E-state index in [0.29, 0.717) is 11.3 Å². The lowest BCUT2D eigenvalue weighted by Crippen LogP contribution is -2.30. The molecule has 0 aromatic heterocycles. The van der Waals surface area contributed by atoms with Crippen LogP contribution in [0.2, 0.25) is 0 Å². The molecular formula is C26H21F2NO4. The number of hydrogen-bond acceptors (Lipinski definition) is 4. The fraction of sp³-hybridized carbons (Fsp3) is 0.154. The van der Waals surface area contributed by atoms with Crippen LogP contribution in [0.3, 0.4) is 0 Å². The van der Waals surface area contributed by atoms with Crippen LogP contribution >= 0.6 is 0 Å². The number of benzene rings is 3. The van der Waals surface area contributed by atoms with Gasteiger partial charge in [-0.3, -0.25) is 14.5 Å². The SMILES string of the molecule is COc1ccc(C)cc1/C(O)=C1\C(=O)C(=O)N(c2cc(F)ccc2F)C1c1cccc(C)c1. The number of aliphatic hydroxyl groups is 1. The number of carbonyl (C=O) groups excluding carboxylic acids is 2. The summed E-state index contributed by atoms with van der Waals surface area (Å²) in [6, 6.07) is 13.5. The van der Waals surface area contributed by atoms with Crippen LogP contribution in [0.25, 0.3) is 5.76 Å². The number of ether oxygens (including phenoxy) is 1. The Bertz CT molecular complexity index is 1320. The summed E-state index contributed by atoms with van der Waals surface area (Å²) in [5.41, 5.74) is 1.66. The van der Waals surface area contributed by atoms with Crippen molar-refractivity contribution >= 4 is 23.1 Å². The van der Waals surface area contributed by atoms with Crippen molar-refractivity contribution < 1.29 is 28.2 Å². The lowest BCUT2D eigenvalue weighted by atomic mass is 9.93. The maximum atomic E-state index is 14.7. The molecule has 1 amide bonds. The number of nitrogens with zero attached hydrogens (tertiary/aromatic N) is 1. The molecule has 1 atom stereocenters. The van der Waals surface area contributed by atoms with Crippen molar-refractivity contribution in [3.63, 3.8) is 0 Å². The molecule has 0 aliphatic carbocycles. The molecule has 0 bridgehead atoms. The molecule has 1 N–H and O–H groups in total. The Morgan fingerprint density at radius 1 is 0.970 bits per heavy atom. The maximum Gasteiger partial charge on any atom is 0.300 e. The van der Waals surface area contributed by atoms with E-state index in [0.717, 1.165) is 34.2 Å². The van der Waals surface area contributed by atoms with E-state index in [1.54, 1.807) is 43.3 Å². The van der Waals surface area contributed by atoms with Crippen LogP contribution in [0, 0.1) is 25.5 Å². The summed E-state index contributed by atoms with van der Waals surface area (Å²) < 4.78 is 34.1. The molecule has 1 aliphatic rings. The number of aryl methyl sites for hydroxylation is 2. The van der Waals surface area contributed by atoms with Gasteiger partial charge < -0.3 is 9.84 Å². The lowest BCUT2D eigenvalue weighted by molar-refractivity contribution is -0.132. The maximum absolute atomic E-state index is 14.7. The number of methoxy groups -OCH3 is 1. The molecule has 1 fully saturated rings. The summed E-state index contributed by atoms with van der Waals surface area (Å²) in [4.78, 5) is 27.2. The molecule has 0 spiro atoms. The van der Waals surface area contributed by atoms with Gasteiger partial charge in [0.2, 0.25) is 0 Å². The Kier molecular flexibility index (Phi) is 5.72. The number of Topliss-reactive ketones (excluding diaryl/α,β-unsaturated/α-hetero) is 1. The minimum atomic E-state index is -1.17. The number of ketones is 1. The zero-order valence-corrected chi connectivity index (χ0v) is 18.2. The molecule has 7 heteroatoms. The highest BCUT2D eigenvalue weighted by Gasteiger charge is 2.48. The quantitative estimate of drug-likeness (QED) is 0.337. The first-order valence-electron chi connectivity index (χ1n) is 10.2. The molecule has 1 heterocycles. The Morgan fingerprint density at radius 3 is 2.39 bits per heavy atom. The van der Waals surface area contributed by atoms with E-state index in [-0.39, 0.29) is 16.8 Å². The van der Waals surface area contributed by atoms with Crippen LogP contribution in [0.1, 0.15) is 28.3 Å². The molecular weight excluding hydrogens is 428 g/mol. The van der Waals surface area contributed by atoms with E-state index in [1.807, 2.05) is 13.0 Å². The molecule has 4 rings (SSSR count). The molecule has 3 aromatic carbocycles. The monoisotopic (exact) mass is 449 g/mol. The third kappa shape index (κ3) is 3.86. The van der Waals surface area contributed by atoms with Crippen molar-refractivity contribution in [1.29, 1.82) is 0 Å². The van der Waals surface area contributed by atoms with E-state index >= 15 is 0 Å². The minimum Gasteiger partial charge on any atom is -0.507 e. The molecule has 1 saturated heterocycles. The highest BCUT2D eigenvalue weighted by atomic mass is 19.1. The molecule has 1 unspecified atom stereocenters. The minimum absolute atomic E-state index is 0.216. The van der Waals surface area contributed by atoms with Crippen LogP contribution in [0.15, 0.2) is 66.2 Å². The van der Waals surface area contributed by atoms with E-state index in [1.165, 1.54) is 7.11 Å². The molecule has 3 aromatic rings. The van der Waals surface area contributed by atoms with E-state index in [2.05, 4.69) is 0 Å². The van der Waals surface area contributed by atoms with Crippen LogP contribution in [-0.4, -0.2) is 23.9 Å². The Balaban J connectivity index is 2.03. The fourth-order valence-corrected chi connectivity index (χ4v) is 4.06. The predicted octanol–water partition coefficient (Wildman–Crippen LogP) is 5.22. The van der Waals surface area contributed by atoms with Gasteiger partial charge in [-0.2, -0.15) is 0 Å². The van der Waals surface area contributed by atoms with Gasteiger partial charge >= 0.3 is 0 Å². The number of hydrogen-bond donors (Lipinski definition) is 1. The van der Waals surface area contributed by atoms with Crippen molar-refractivity contribution in [3.05, 3.63) is 100 Å². The second-order valence-corrected chi connectivity index (χ2v) is 7.88. The summed E-state index contributed by atoms with van der Waals surface area (Å²) >= 11 is 0. The van der Waals surface area contributed by atoms with Crippen LogP contribution in [0.5, 0.6) is 5.75 Å². The highest BCUT2D eigenvalue weighted by Crippen LogP contribution is 2.44. The standard InChI is InChI=1S/C26H21F2NO4/c1-14-5-4-6-16(11-14)23-22(24(30)18-12-15(2)7-10-21(18)33-3)25(31)26(32)29(23)20-13-17(27)8-9-19(20)28/h4-13,23,30H,1-3H3/b24-22+. The number of amides is 1. The van der Waals surface area contributed by atoms with Gasteiger partial charge in [-0.25, -0.2) is 8.78 Å². The van der Waals surface area contributed by atoms with Crippen LogP contribution in [-0.2, 0) is 9.59 Å². The lowest BCUT2D eigenvalue weighted by Gasteiger charge is -2.26. The third-order valence-corrected chi connectivity index (χ3v) is 5.58. The van der Waals surface area contributed by atoms with Gasteiger partial charge in [-0.15, -0.1) is 0 Å². The third-order valence-electron chi connectivity index (χ3n) is 5.58. The second-order valence-electron chi connectivity index (χ2n) is 7.88. The predicted molar refractivity (Wildman–Crippen MR) is 120 cm³/mol. The van der Waals surface area contributed by atoms with Crippen LogP contribution < -0.4 is 9.64 Å². The normalized spacial score (nSPS) is 17.5. The molecule has 0 radical (unpaired) electrons. The van der Waals surface area contributed by atoms with Gasteiger partial charge in [0, 0.05) is 6.07 Å². The van der Waals surface area contributed by atoms with Gasteiger partial charge in [0.05, 0.1) is 30.0 Å². The Hall–Kier alpha value is -4.00. The van der Waals surface area contributed by atoms with Gasteiger partial charge in [-0.1, -0.05) is 41.5 Å². The van der Waals surface area contributed by atoms with E-state index in [9.17, 15) is 23.5 Å². The molecule has 33 heavy (non-hydrogen) atoms. The van der Waals surface area contributed by atoms with Crippen molar-refractivity contribution in [2.75, 3.05) is 12.0 Å². The Labute approximate surface area is 189 Å². The van der Waals surface area contributed by atoms with Crippen molar-refractivity contribution in [3.8, 4) is 5.75 Å². The first-order valence-corrected chi connectivity index (χ1v) is 10.2. The number of anilines is 1. The van der Waals surface area contributed by atoms with E-state index < -0.39 is 35.1 Å². The summed E-state index contributed by atoms with van der Waals surface area (Å²) in [6.07, 6.45) is 0.